The highest BCUT2D eigenvalue weighted by Crippen LogP contribution is 2.52. The van der Waals surface area contributed by atoms with Gasteiger partial charge in [0.05, 0.1) is 0 Å². The molecule has 0 N–H and O–H groups in total. The van der Waals surface area contributed by atoms with Crippen LogP contribution in [0.25, 0.3) is 0 Å². The summed E-state index contributed by atoms with van der Waals surface area (Å²) in [5, 5.41) is 0.681. The van der Waals surface area contributed by atoms with E-state index in [9.17, 15) is 0 Å². The second-order valence-electron chi connectivity index (χ2n) is 7.16. The normalized spacial score (nSPS) is 37.1. The third-order valence-electron chi connectivity index (χ3n) is 5.89. The minimum absolute atomic E-state index is 0.257. The van der Waals surface area contributed by atoms with Crippen LogP contribution < -0.4 is 0 Å². The van der Waals surface area contributed by atoms with Gasteiger partial charge in [-0.1, -0.05) is 45.4 Å². The first-order valence-electron chi connectivity index (χ1n) is 9.02. The Balaban J connectivity index is 1.79. The van der Waals surface area contributed by atoms with Crippen molar-refractivity contribution in [3.05, 3.63) is 0 Å². The van der Waals surface area contributed by atoms with Gasteiger partial charge in [-0.3, -0.25) is 4.99 Å². The Morgan fingerprint density at radius 2 is 1.60 bits per heavy atom. The lowest BCUT2D eigenvalue weighted by Crippen LogP contribution is -2.32. The lowest BCUT2D eigenvalue weighted by Gasteiger charge is -2.36. The molecule has 3 rings (SSSR count). The highest BCUT2D eigenvalue weighted by Gasteiger charge is 2.45. The van der Waals surface area contributed by atoms with E-state index in [1.807, 2.05) is 0 Å². The molecule has 0 saturated heterocycles. The summed E-state index contributed by atoms with van der Waals surface area (Å²) in [5.41, 5.74) is 1.60. The van der Waals surface area contributed by atoms with Gasteiger partial charge in [0, 0.05) is 11.0 Å². The monoisotopic (exact) mass is 293 g/mol. The molecular weight excluding hydrogens is 262 g/mol. The average Bonchev–Trinajstić information content (AvgIpc) is 2.87. The maximum Gasteiger partial charge on any atom is 0.109 e. The first kappa shape index (κ1) is 14.9. The van der Waals surface area contributed by atoms with Crippen LogP contribution in [0.3, 0.4) is 0 Å². The van der Waals surface area contributed by atoms with E-state index in [0.29, 0.717) is 5.25 Å². The first-order valence-corrected chi connectivity index (χ1v) is 9.90. The number of nitrogens with zero attached hydrogens (tertiary/aromatic N) is 1. The molecule has 3 aliphatic rings. The van der Waals surface area contributed by atoms with Crippen molar-refractivity contribution in [3.63, 3.8) is 0 Å². The molecule has 2 aliphatic carbocycles. The van der Waals surface area contributed by atoms with Gasteiger partial charge in [-0.2, -0.15) is 0 Å². The van der Waals surface area contributed by atoms with Gasteiger partial charge >= 0.3 is 0 Å². The fraction of sp³-hybridized carbons (Fsp3) is 0.944. The van der Waals surface area contributed by atoms with Crippen molar-refractivity contribution in [1.82, 2.24) is 0 Å². The van der Waals surface area contributed by atoms with Crippen LogP contribution in [0.1, 0.15) is 84.5 Å². The minimum atomic E-state index is 0.257. The van der Waals surface area contributed by atoms with Crippen molar-refractivity contribution in [1.29, 1.82) is 0 Å². The van der Waals surface area contributed by atoms with E-state index in [0.717, 1.165) is 11.8 Å². The van der Waals surface area contributed by atoms with E-state index in [1.165, 1.54) is 70.6 Å². The molecule has 0 aromatic rings. The zero-order chi connectivity index (χ0) is 14.0. The molecule has 0 aromatic heterocycles. The van der Waals surface area contributed by atoms with E-state index in [4.69, 9.17) is 4.99 Å². The van der Waals surface area contributed by atoms with Crippen LogP contribution in [-0.2, 0) is 0 Å². The Hall–Kier alpha value is 0.0200. The summed E-state index contributed by atoms with van der Waals surface area (Å²) in [7, 11) is 0. The van der Waals surface area contributed by atoms with E-state index in [2.05, 4.69) is 25.6 Å². The molecule has 2 unspecified atom stereocenters. The summed E-state index contributed by atoms with van der Waals surface area (Å²) in [5.74, 6) is 1.68. The molecule has 1 aliphatic heterocycles. The predicted octanol–water partition coefficient (Wildman–Crippen LogP) is 5.83. The number of rotatable bonds is 3. The Bertz CT molecular complexity index is 352. The Morgan fingerprint density at radius 1 is 1.00 bits per heavy atom. The number of hydrogen-bond donors (Lipinski definition) is 0. The SMILES string of the molecule is CCC1(C2CCCCC2)N=C(C2CCCCC2)C(C)S1. The first-order chi connectivity index (χ1) is 9.75. The van der Waals surface area contributed by atoms with Gasteiger partial charge in [-0.15, -0.1) is 11.8 Å². The van der Waals surface area contributed by atoms with E-state index in [-0.39, 0.29) is 4.87 Å². The topological polar surface area (TPSA) is 12.4 Å². The molecule has 1 nitrogen and oxygen atoms in total. The number of thioether (sulfide) groups is 1. The summed E-state index contributed by atoms with van der Waals surface area (Å²) in [4.78, 5) is 5.70. The molecule has 114 valence electrons. The van der Waals surface area contributed by atoms with Crippen LogP contribution in [0, 0.1) is 11.8 Å². The highest BCUT2D eigenvalue weighted by molar-refractivity contribution is 8.02. The predicted molar refractivity (Wildman–Crippen MR) is 90.7 cm³/mol. The molecular formula is C18H31NS. The zero-order valence-electron chi connectivity index (χ0n) is 13.4. The zero-order valence-corrected chi connectivity index (χ0v) is 14.2. The molecule has 0 aromatic carbocycles. The Kier molecular flexibility index (Phi) is 4.79. The molecule has 20 heavy (non-hydrogen) atoms. The van der Waals surface area contributed by atoms with Crippen LogP contribution in [0.5, 0.6) is 0 Å². The standard InChI is InChI=1S/C18H31NS/c1-3-18(16-12-8-5-9-13-16)19-17(14(2)20-18)15-10-6-4-7-11-15/h14-16H,3-13H2,1-2H3. The van der Waals surface area contributed by atoms with Crippen LogP contribution in [0.15, 0.2) is 4.99 Å². The summed E-state index contributed by atoms with van der Waals surface area (Å²) in [6.45, 7) is 4.81. The minimum Gasteiger partial charge on any atom is -0.275 e. The lowest BCUT2D eigenvalue weighted by molar-refractivity contribution is 0.279. The summed E-state index contributed by atoms with van der Waals surface area (Å²) in [6, 6.07) is 0. The largest absolute Gasteiger partial charge is 0.275 e. The Morgan fingerprint density at radius 3 is 2.20 bits per heavy atom. The fourth-order valence-corrected chi connectivity index (χ4v) is 6.45. The molecule has 0 spiro atoms. The maximum absolute atomic E-state index is 5.45. The third kappa shape index (κ3) is 2.82. The second kappa shape index (κ2) is 6.42. The average molecular weight is 294 g/mol. The smallest absolute Gasteiger partial charge is 0.109 e. The van der Waals surface area contributed by atoms with Crippen LogP contribution >= 0.6 is 11.8 Å². The van der Waals surface area contributed by atoms with Crippen molar-refractivity contribution in [3.8, 4) is 0 Å². The van der Waals surface area contributed by atoms with Crippen LogP contribution in [-0.4, -0.2) is 15.8 Å². The molecule has 2 saturated carbocycles. The Labute approximate surface area is 129 Å². The summed E-state index contributed by atoms with van der Waals surface area (Å²) in [6.07, 6.45) is 15.6. The molecule has 0 amide bonds. The number of aliphatic imine (C=N–C) groups is 1. The molecule has 2 atom stereocenters. The van der Waals surface area contributed by atoms with Crippen molar-refractivity contribution >= 4 is 17.5 Å². The van der Waals surface area contributed by atoms with Crippen molar-refractivity contribution < 1.29 is 0 Å². The molecule has 0 bridgehead atoms. The molecule has 2 heteroatoms. The van der Waals surface area contributed by atoms with Crippen molar-refractivity contribution in [2.75, 3.05) is 0 Å². The second-order valence-corrected chi connectivity index (χ2v) is 8.81. The number of hydrogen-bond acceptors (Lipinski definition) is 2. The summed E-state index contributed by atoms with van der Waals surface area (Å²) >= 11 is 2.22. The van der Waals surface area contributed by atoms with Gasteiger partial charge in [-0.05, 0) is 50.9 Å². The molecule has 2 fully saturated rings. The van der Waals surface area contributed by atoms with Crippen LogP contribution in [0.4, 0.5) is 0 Å². The highest BCUT2D eigenvalue weighted by atomic mass is 32.2. The van der Waals surface area contributed by atoms with Gasteiger partial charge in [0.15, 0.2) is 0 Å². The third-order valence-corrected chi connectivity index (χ3v) is 7.61. The van der Waals surface area contributed by atoms with Crippen molar-refractivity contribution in [2.45, 2.75) is 94.6 Å². The van der Waals surface area contributed by atoms with Crippen LogP contribution in [0.2, 0.25) is 0 Å². The van der Waals surface area contributed by atoms with Crippen molar-refractivity contribution in [2.24, 2.45) is 16.8 Å². The quantitative estimate of drug-likeness (QED) is 0.637. The molecule has 1 heterocycles. The van der Waals surface area contributed by atoms with Gasteiger partial charge in [0.25, 0.3) is 0 Å². The van der Waals surface area contributed by atoms with Gasteiger partial charge in [-0.25, -0.2) is 0 Å². The fourth-order valence-electron chi connectivity index (χ4n) is 4.72. The summed E-state index contributed by atoms with van der Waals surface area (Å²) < 4.78 is 0. The van der Waals surface area contributed by atoms with Gasteiger partial charge < -0.3 is 0 Å². The van der Waals surface area contributed by atoms with E-state index < -0.39 is 0 Å². The van der Waals surface area contributed by atoms with Gasteiger partial charge in [0.1, 0.15) is 4.87 Å². The maximum atomic E-state index is 5.45. The molecule has 0 radical (unpaired) electrons. The van der Waals surface area contributed by atoms with E-state index >= 15 is 0 Å². The van der Waals surface area contributed by atoms with E-state index in [1.54, 1.807) is 5.71 Å². The lowest BCUT2D eigenvalue weighted by atomic mass is 9.81. The van der Waals surface area contributed by atoms with Gasteiger partial charge in [0.2, 0.25) is 0 Å².